The quantitative estimate of drug-likeness (QED) is 0.911. The van der Waals surface area contributed by atoms with E-state index in [9.17, 15) is 4.79 Å². The first-order valence-electron chi connectivity index (χ1n) is 7.75. The van der Waals surface area contributed by atoms with E-state index in [1.807, 2.05) is 50.2 Å². The number of fused-ring (bicyclic) bond motifs is 1. The van der Waals surface area contributed by atoms with Crippen molar-refractivity contribution in [3.05, 3.63) is 64.7 Å². The van der Waals surface area contributed by atoms with E-state index in [4.69, 9.17) is 16.3 Å². The first kappa shape index (κ1) is 15.9. The van der Waals surface area contributed by atoms with Gasteiger partial charge in [0.15, 0.2) is 0 Å². The fourth-order valence-corrected chi connectivity index (χ4v) is 3.09. The highest BCUT2D eigenvalue weighted by atomic mass is 35.5. The zero-order chi connectivity index (χ0) is 16.4. The summed E-state index contributed by atoms with van der Waals surface area (Å²) in [6.45, 7) is 4.09. The SMILES string of the molecule is CC1(C)C[C@H](NC(=O)Cc2ccc(Cl)cc2)c2ccccc2O1. The molecule has 1 atom stereocenters. The van der Waals surface area contributed by atoms with Crippen molar-refractivity contribution >= 4 is 17.5 Å². The third kappa shape index (κ3) is 3.85. The Labute approximate surface area is 141 Å². The van der Waals surface area contributed by atoms with Gasteiger partial charge in [0.2, 0.25) is 5.91 Å². The average molecular weight is 330 g/mol. The van der Waals surface area contributed by atoms with Crippen LogP contribution in [0, 0.1) is 0 Å². The summed E-state index contributed by atoms with van der Waals surface area (Å²) in [5, 5.41) is 3.82. The van der Waals surface area contributed by atoms with Gasteiger partial charge in [-0.3, -0.25) is 4.79 Å². The molecular weight excluding hydrogens is 310 g/mol. The van der Waals surface area contributed by atoms with Crippen molar-refractivity contribution in [3.8, 4) is 5.75 Å². The lowest BCUT2D eigenvalue weighted by Gasteiger charge is -2.37. The van der Waals surface area contributed by atoms with E-state index in [-0.39, 0.29) is 17.6 Å². The lowest BCUT2D eigenvalue weighted by Crippen LogP contribution is -2.41. The monoisotopic (exact) mass is 329 g/mol. The zero-order valence-electron chi connectivity index (χ0n) is 13.3. The van der Waals surface area contributed by atoms with Gasteiger partial charge in [-0.05, 0) is 37.6 Å². The van der Waals surface area contributed by atoms with Crippen LogP contribution >= 0.6 is 11.6 Å². The molecule has 4 heteroatoms. The van der Waals surface area contributed by atoms with E-state index < -0.39 is 0 Å². The van der Waals surface area contributed by atoms with Crippen molar-refractivity contribution in [2.75, 3.05) is 0 Å². The normalized spacial score (nSPS) is 18.7. The molecule has 3 nitrogen and oxygen atoms in total. The summed E-state index contributed by atoms with van der Waals surface area (Å²) in [4.78, 5) is 12.4. The Morgan fingerprint density at radius 3 is 2.65 bits per heavy atom. The van der Waals surface area contributed by atoms with E-state index >= 15 is 0 Å². The molecule has 1 aliphatic rings. The van der Waals surface area contributed by atoms with Crippen LogP contribution in [0.2, 0.25) is 5.02 Å². The fraction of sp³-hybridized carbons (Fsp3) is 0.316. The van der Waals surface area contributed by atoms with Gasteiger partial charge < -0.3 is 10.1 Å². The molecule has 0 saturated heterocycles. The van der Waals surface area contributed by atoms with Crippen molar-refractivity contribution in [2.24, 2.45) is 0 Å². The maximum atomic E-state index is 12.4. The van der Waals surface area contributed by atoms with E-state index in [0.29, 0.717) is 11.4 Å². The Bertz CT molecular complexity index is 710. The van der Waals surface area contributed by atoms with Crippen LogP contribution in [-0.4, -0.2) is 11.5 Å². The summed E-state index contributed by atoms with van der Waals surface area (Å²) >= 11 is 5.88. The highest BCUT2D eigenvalue weighted by Gasteiger charge is 2.34. The van der Waals surface area contributed by atoms with Crippen LogP contribution in [0.5, 0.6) is 5.75 Å². The molecule has 0 radical (unpaired) electrons. The summed E-state index contributed by atoms with van der Waals surface area (Å²) < 4.78 is 6.00. The number of carbonyl (C=O) groups excluding carboxylic acids is 1. The van der Waals surface area contributed by atoms with Crippen LogP contribution in [0.25, 0.3) is 0 Å². The van der Waals surface area contributed by atoms with E-state index in [0.717, 1.165) is 23.3 Å². The van der Waals surface area contributed by atoms with Crippen molar-refractivity contribution in [1.82, 2.24) is 5.32 Å². The smallest absolute Gasteiger partial charge is 0.224 e. The van der Waals surface area contributed by atoms with Gasteiger partial charge in [-0.1, -0.05) is 41.9 Å². The van der Waals surface area contributed by atoms with Crippen LogP contribution in [0.4, 0.5) is 0 Å². The standard InChI is InChI=1S/C19H20ClNO2/c1-19(2)12-16(15-5-3-4-6-17(15)23-19)21-18(22)11-13-7-9-14(20)10-8-13/h3-10,16H,11-12H2,1-2H3,(H,21,22)/t16-/m0/s1. The first-order chi connectivity index (χ1) is 10.9. The molecule has 1 amide bonds. The second-order valence-corrected chi connectivity index (χ2v) is 6.96. The van der Waals surface area contributed by atoms with Crippen LogP contribution < -0.4 is 10.1 Å². The molecule has 1 aliphatic heterocycles. The molecule has 2 aromatic carbocycles. The predicted molar refractivity (Wildman–Crippen MR) is 91.8 cm³/mol. The molecule has 23 heavy (non-hydrogen) atoms. The van der Waals surface area contributed by atoms with Crippen LogP contribution in [0.3, 0.4) is 0 Å². The van der Waals surface area contributed by atoms with Gasteiger partial charge in [-0.25, -0.2) is 0 Å². The van der Waals surface area contributed by atoms with Gasteiger partial charge in [0.1, 0.15) is 11.4 Å². The zero-order valence-corrected chi connectivity index (χ0v) is 14.1. The molecule has 3 rings (SSSR count). The lowest BCUT2D eigenvalue weighted by atomic mass is 9.89. The van der Waals surface area contributed by atoms with Crippen molar-refractivity contribution in [3.63, 3.8) is 0 Å². The molecule has 0 aliphatic carbocycles. The number of para-hydroxylation sites is 1. The van der Waals surface area contributed by atoms with Crippen LogP contribution in [-0.2, 0) is 11.2 Å². The van der Waals surface area contributed by atoms with Crippen LogP contribution in [0.1, 0.15) is 37.4 Å². The van der Waals surface area contributed by atoms with Gasteiger partial charge >= 0.3 is 0 Å². The molecule has 0 unspecified atom stereocenters. The number of halogens is 1. The van der Waals surface area contributed by atoms with Crippen molar-refractivity contribution in [2.45, 2.75) is 38.3 Å². The van der Waals surface area contributed by atoms with Gasteiger partial charge in [0, 0.05) is 17.0 Å². The third-order valence-corrected chi connectivity index (χ3v) is 4.24. The summed E-state index contributed by atoms with van der Waals surface area (Å²) in [6.07, 6.45) is 1.09. The second-order valence-electron chi connectivity index (χ2n) is 6.53. The van der Waals surface area contributed by atoms with Gasteiger partial charge in [-0.15, -0.1) is 0 Å². The van der Waals surface area contributed by atoms with Crippen LogP contribution in [0.15, 0.2) is 48.5 Å². The molecule has 1 N–H and O–H groups in total. The Morgan fingerprint density at radius 2 is 1.91 bits per heavy atom. The maximum absolute atomic E-state index is 12.4. The van der Waals surface area contributed by atoms with Gasteiger partial charge in [-0.2, -0.15) is 0 Å². The highest BCUT2D eigenvalue weighted by molar-refractivity contribution is 6.30. The Balaban J connectivity index is 1.74. The Kier molecular flexibility index (Phi) is 4.31. The fourth-order valence-electron chi connectivity index (χ4n) is 2.96. The van der Waals surface area contributed by atoms with E-state index in [1.165, 1.54) is 0 Å². The number of nitrogens with one attached hydrogen (secondary N) is 1. The molecule has 120 valence electrons. The predicted octanol–water partition coefficient (Wildman–Crippen LogP) is 4.30. The molecule has 0 spiro atoms. The van der Waals surface area contributed by atoms with E-state index in [2.05, 4.69) is 5.32 Å². The van der Waals surface area contributed by atoms with E-state index in [1.54, 1.807) is 12.1 Å². The summed E-state index contributed by atoms with van der Waals surface area (Å²) in [5.41, 5.74) is 1.69. The van der Waals surface area contributed by atoms with Crippen molar-refractivity contribution < 1.29 is 9.53 Å². The molecule has 1 heterocycles. The summed E-state index contributed by atoms with van der Waals surface area (Å²) in [5.74, 6) is 0.852. The Hall–Kier alpha value is -2.00. The molecule has 0 saturated carbocycles. The third-order valence-electron chi connectivity index (χ3n) is 3.99. The number of hydrogen-bond donors (Lipinski definition) is 1. The van der Waals surface area contributed by atoms with Crippen molar-refractivity contribution in [1.29, 1.82) is 0 Å². The van der Waals surface area contributed by atoms with Gasteiger partial charge in [0.05, 0.1) is 12.5 Å². The largest absolute Gasteiger partial charge is 0.487 e. The topological polar surface area (TPSA) is 38.3 Å². The summed E-state index contributed by atoms with van der Waals surface area (Å²) in [6, 6.07) is 15.2. The second kappa shape index (κ2) is 6.25. The maximum Gasteiger partial charge on any atom is 0.224 e. The molecule has 0 bridgehead atoms. The number of hydrogen-bond acceptors (Lipinski definition) is 2. The number of rotatable bonds is 3. The molecule has 0 aromatic heterocycles. The minimum atomic E-state index is -0.299. The van der Waals surface area contributed by atoms with Gasteiger partial charge in [0.25, 0.3) is 0 Å². The first-order valence-corrected chi connectivity index (χ1v) is 8.12. The number of benzene rings is 2. The minimum Gasteiger partial charge on any atom is -0.487 e. The Morgan fingerprint density at radius 1 is 1.22 bits per heavy atom. The number of carbonyl (C=O) groups is 1. The summed E-state index contributed by atoms with van der Waals surface area (Å²) in [7, 11) is 0. The lowest BCUT2D eigenvalue weighted by molar-refractivity contribution is -0.121. The number of ether oxygens (including phenoxy) is 1. The number of amides is 1. The molecule has 2 aromatic rings. The molecule has 0 fully saturated rings. The molecular formula is C19H20ClNO2. The highest BCUT2D eigenvalue weighted by Crippen LogP contribution is 2.39. The average Bonchev–Trinajstić information content (AvgIpc) is 2.48. The minimum absolute atomic E-state index is 0.00447.